The molecule has 28 heavy (non-hydrogen) atoms. The predicted molar refractivity (Wildman–Crippen MR) is 109 cm³/mol. The van der Waals surface area contributed by atoms with E-state index in [2.05, 4.69) is 10.6 Å². The highest BCUT2D eigenvalue weighted by Crippen LogP contribution is 2.22. The van der Waals surface area contributed by atoms with Crippen molar-refractivity contribution in [2.24, 2.45) is 0 Å². The maximum absolute atomic E-state index is 12.2. The van der Waals surface area contributed by atoms with Gasteiger partial charge in [-0.25, -0.2) is 4.79 Å². The molecule has 1 aromatic rings. The number of benzene rings is 1. The average Bonchev–Trinajstić information content (AvgIpc) is 2.90. The molecule has 0 saturated carbocycles. The molecule has 1 heterocycles. The van der Waals surface area contributed by atoms with Crippen LogP contribution in [0.1, 0.15) is 40.0 Å². The Balaban J connectivity index is 1.77. The maximum Gasteiger partial charge on any atom is 0.326 e. The van der Waals surface area contributed by atoms with E-state index in [4.69, 9.17) is 17.3 Å². The van der Waals surface area contributed by atoms with Crippen LogP contribution < -0.4 is 10.6 Å². The van der Waals surface area contributed by atoms with E-state index in [1.165, 1.54) is 11.8 Å². The zero-order chi connectivity index (χ0) is 20.7. The van der Waals surface area contributed by atoms with Crippen LogP contribution in [-0.2, 0) is 9.59 Å². The number of amides is 3. The lowest BCUT2D eigenvalue weighted by molar-refractivity contribution is -0.139. The van der Waals surface area contributed by atoms with E-state index in [1.54, 1.807) is 24.3 Å². The predicted octanol–water partition coefficient (Wildman–Crippen LogP) is 1.26. The van der Waals surface area contributed by atoms with E-state index >= 15 is 0 Å². The Morgan fingerprint density at radius 3 is 2.36 bits per heavy atom. The van der Waals surface area contributed by atoms with Crippen LogP contribution in [-0.4, -0.2) is 63.4 Å². The Bertz CT molecular complexity index is 764. The Morgan fingerprint density at radius 1 is 1.21 bits per heavy atom. The van der Waals surface area contributed by atoms with Gasteiger partial charge in [-0.1, -0.05) is 12.1 Å². The van der Waals surface area contributed by atoms with Crippen LogP contribution >= 0.6 is 24.0 Å². The normalized spacial score (nSPS) is 13.8. The quantitative estimate of drug-likeness (QED) is 0.402. The summed E-state index contributed by atoms with van der Waals surface area (Å²) in [5.74, 6) is -1.55. The monoisotopic (exact) mass is 423 g/mol. The molecule has 0 aromatic heterocycles. The van der Waals surface area contributed by atoms with Crippen molar-refractivity contribution in [1.82, 2.24) is 15.5 Å². The van der Waals surface area contributed by atoms with Crippen molar-refractivity contribution in [2.75, 3.05) is 18.6 Å². The van der Waals surface area contributed by atoms with Gasteiger partial charge in [0.05, 0.1) is 11.1 Å². The number of nitrogens with zero attached hydrogens (tertiary/aromatic N) is 1. The second kappa shape index (κ2) is 10.2. The fourth-order valence-corrected chi connectivity index (χ4v) is 3.44. The van der Waals surface area contributed by atoms with E-state index < -0.39 is 17.9 Å². The fourth-order valence-electron chi connectivity index (χ4n) is 2.72. The summed E-state index contributed by atoms with van der Waals surface area (Å²) in [6.45, 7) is 0.116. The van der Waals surface area contributed by atoms with Crippen LogP contribution in [0.3, 0.4) is 0 Å². The third-order valence-corrected chi connectivity index (χ3v) is 4.99. The molecule has 150 valence electrons. The Morgan fingerprint density at radius 2 is 1.82 bits per heavy atom. The number of thiocarbonyl (C=S) groups is 1. The van der Waals surface area contributed by atoms with Crippen molar-refractivity contribution in [2.45, 2.75) is 25.3 Å². The molecule has 0 aliphatic carbocycles. The Hall–Kier alpha value is -2.46. The molecule has 1 unspecified atom stereocenters. The topological polar surface area (TPSA) is 116 Å². The molecule has 0 fully saturated rings. The third kappa shape index (κ3) is 5.52. The minimum Gasteiger partial charge on any atom is -0.480 e. The van der Waals surface area contributed by atoms with Crippen LogP contribution in [0.25, 0.3) is 0 Å². The summed E-state index contributed by atoms with van der Waals surface area (Å²) in [5, 5.41) is 14.1. The minimum atomic E-state index is -1.05. The van der Waals surface area contributed by atoms with Gasteiger partial charge in [0.1, 0.15) is 6.04 Å². The van der Waals surface area contributed by atoms with Crippen LogP contribution in [0, 0.1) is 0 Å². The van der Waals surface area contributed by atoms with Crippen LogP contribution in [0.15, 0.2) is 24.3 Å². The van der Waals surface area contributed by atoms with Gasteiger partial charge in [-0.2, -0.15) is 11.8 Å². The summed E-state index contributed by atoms with van der Waals surface area (Å²) >= 11 is 6.50. The largest absolute Gasteiger partial charge is 0.480 e. The van der Waals surface area contributed by atoms with Crippen molar-refractivity contribution in [3.63, 3.8) is 0 Å². The molecular formula is C18H21N3O5S2. The SMILES string of the molecule is CSCCC(NC(=S)NC(=O)CCCN1C(=O)c2ccccc2C1=O)C(=O)O. The minimum absolute atomic E-state index is 0.0395. The number of fused-ring (bicyclic) bond motifs is 1. The average molecular weight is 424 g/mol. The highest BCUT2D eigenvalue weighted by atomic mass is 32.2. The van der Waals surface area contributed by atoms with Crippen LogP contribution in [0.5, 0.6) is 0 Å². The van der Waals surface area contributed by atoms with Crippen molar-refractivity contribution < 1.29 is 24.3 Å². The summed E-state index contributed by atoms with van der Waals surface area (Å²) in [7, 11) is 0. The molecule has 3 N–H and O–H groups in total. The highest BCUT2D eigenvalue weighted by molar-refractivity contribution is 7.98. The number of carbonyl (C=O) groups is 4. The van der Waals surface area contributed by atoms with E-state index in [9.17, 15) is 19.2 Å². The molecule has 3 amide bonds. The van der Waals surface area contributed by atoms with E-state index in [0.29, 0.717) is 23.3 Å². The van der Waals surface area contributed by atoms with Gasteiger partial charge >= 0.3 is 5.97 Å². The van der Waals surface area contributed by atoms with Gasteiger partial charge in [0.25, 0.3) is 11.8 Å². The van der Waals surface area contributed by atoms with E-state index in [1.807, 2.05) is 6.26 Å². The molecule has 1 atom stereocenters. The number of hydrogen-bond donors (Lipinski definition) is 3. The van der Waals surface area contributed by atoms with Crippen molar-refractivity contribution in [1.29, 1.82) is 0 Å². The molecule has 10 heteroatoms. The molecule has 1 aliphatic heterocycles. The first-order valence-electron chi connectivity index (χ1n) is 8.62. The maximum atomic E-state index is 12.2. The standard InChI is InChI=1S/C18H21N3O5S2/c1-28-10-8-13(17(25)26)19-18(27)20-14(22)7-4-9-21-15(23)11-5-2-3-6-12(11)16(21)24/h2-3,5-6,13H,4,7-10H2,1H3,(H,25,26)(H2,19,20,22,27). The number of carbonyl (C=O) groups excluding carboxylic acids is 3. The molecular weight excluding hydrogens is 402 g/mol. The van der Waals surface area contributed by atoms with Crippen LogP contribution in [0.2, 0.25) is 0 Å². The van der Waals surface area contributed by atoms with Crippen molar-refractivity contribution in [3.8, 4) is 0 Å². The smallest absolute Gasteiger partial charge is 0.326 e. The molecule has 1 aliphatic rings. The second-order valence-corrected chi connectivity index (χ2v) is 7.50. The molecule has 8 nitrogen and oxygen atoms in total. The lowest BCUT2D eigenvalue weighted by Crippen LogP contribution is -2.47. The number of carboxylic acids is 1. The Labute approximate surface area is 172 Å². The number of carboxylic acid groups (broad SMARTS) is 1. The van der Waals surface area contributed by atoms with Gasteiger partial charge in [-0.3, -0.25) is 19.3 Å². The first kappa shape index (κ1) is 21.8. The van der Waals surface area contributed by atoms with E-state index in [0.717, 1.165) is 4.90 Å². The summed E-state index contributed by atoms with van der Waals surface area (Å²) < 4.78 is 0. The molecule has 0 radical (unpaired) electrons. The van der Waals surface area contributed by atoms with Gasteiger partial charge in [-0.05, 0) is 49.2 Å². The molecule has 0 bridgehead atoms. The van der Waals surface area contributed by atoms with Gasteiger partial charge in [-0.15, -0.1) is 0 Å². The first-order valence-corrected chi connectivity index (χ1v) is 10.4. The zero-order valence-electron chi connectivity index (χ0n) is 15.3. The molecule has 0 saturated heterocycles. The molecule has 0 spiro atoms. The van der Waals surface area contributed by atoms with Gasteiger partial charge in [0, 0.05) is 13.0 Å². The van der Waals surface area contributed by atoms with Crippen molar-refractivity contribution >= 4 is 52.8 Å². The zero-order valence-corrected chi connectivity index (χ0v) is 16.9. The van der Waals surface area contributed by atoms with Gasteiger partial charge < -0.3 is 15.7 Å². The fraction of sp³-hybridized carbons (Fsp3) is 0.389. The number of aliphatic carboxylic acids is 1. The van der Waals surface area contributed by atoms with Gasteiger partial charge in [0.15, 0.2) is 5.11 Å². The number of hydrogen-bond acceptors (Lipinski definition) is 6. The Kier molecular flexibility index (Phi) is 7.94. The highest BCUT2D eigenvalue weighted by Gasteiger charge is 2.34. The summed E-state index contributed by atoms with van der Waals surface area (Å²) in [5.41, 5.74) is 0.736. The van der Waals surface area contributed by atoms with E-state index in [-0.39, 0.29) is 36.3 Å². The summed E-state index contributed by atoms with van der Waals surface area (Å²) in [4.78, 5) is 48.8. The number of imide groups is 1. The molecule has 1 aromatic carbocycles. The van der Waals surface area contributed by atoms with Crippen molar-refractivity contribution in [3.05, 3.63) is 35.4 Å². The number of nitrogens with one attached hydrogen (secondary N) is 2. The summed E-state index contributed by atoms with van der Waals surface area (Å²) in [6, 6.07) is 5.71. The second-order valence-electron chi connectivity index (χ2n) is 6.11. The number of thioether (sulfide) groups is 1. The molecule has 2 rings (SSSR count). The van der Waals surface area contributed by atoms with Crippen LogP contribution in [0.4, 0.5) is 0 Å². The lowest BCUT2D eigenvalue weighted by atomic mass is 10.1. The number of rotatable bonds is 9. The third-order valence-electron chi connectivity index (χ3n) is 4.13. The van der Waals surface area contributed by atoms with Gasteiger partial charge in [0.2, 0.25) is 5.91 Å². The first-order chi connectivity index (χ1) is 13.3. The lowest BCUT2D eigenvalue weighted by Gasteiger charge is -2.17. The summed E-state index contributed by atoms with van der Waals surface area (Å²) in [6.07, 6.45) is 2.55.